The number of hydrogen-bond donors (Lipinski definition) is 1. The first-order valence-corrected chi connectivity index (χ1v) is 8.26. The number of carbonyl (C=O) groups is 1. The molecule has 2 aromatic heterocycles. The first-order chi connectivity index (χ1) is 10.8. The summed E-state index contributed by atoms with van der Waals surface area (Å²) in [5.74, 6) is 0.609. The second-order valence-electron chi connectivity index (χ2n) is 5.07. The van der Waals surface area contributed by atoms with E-state index in [1.165, 1.54) is 0 Å². The SMILES string of the molecule is O=C(CSc1ccncc1)N1CCNCC1c1cccnc1. The van der Waals surface area contributed by atoms with Gasteiger partial charge in [0.15, 0.2) is 0 Å². The van der Waals surface area contributed by atoms with Crippen molar-refractivity contribution in [2.75, 3.05) is 25.4 Å². The summed E-state index contributed by atoms with van der Waals surface area (Å²) in [6, 6.07) is 7.86. The molecule has 1 amide bonds. The Bertz CT molecular complexity index is 608. The largest absolute Gasteiger partial charge is 0.332 e. The van der Waals surface area contributed by atoms with Crippen molar-refractivity contribution in [1.82, 2.24) is 20.2 Å². The Labute approximate surface area is 134 Å². The molecule has 22 heavy (non-hydrogen) atoms. The van der Waals surface area contributed by atoms with Crippen LogP contribution >= 0.6 is 11.8 Å². The van der Waals surface area contributed by atoms with Gasteiger partial charge < -0.3 is 10.2 Å². The third-order valence-corrected chi connectivity index (χ3v) is 4.64. The zero-order chi connectivity index (χ0) is 15.2. The predicted octanol–water partition coefficient (Wildman–Crippen LogP) is 1.74. The van der Waals surface area contributed by atoms with Crippen molar-refractivity contribution in [2.24, 2.45) is 0 Å². The molecule has 1 atom stereocenters. The highest BCUT2D eigenvalue weighted by molar-refractivity contribution is 8.00. The van der Waals surface area contributed by atoms with Crippen molar-refractivity contribution in [2.45, 2.75) is 10.9 Å². The summed E-state index contributed by atoms with van der Waals surface area (Å²) in [5.41, 5.74) is 1.08. The van der Waals surface area contributed by atoms with Gasteiger partial charge in [0.25, 0.3) is 0 Å². The van der Waals surface area contributed by atoms with Gasteiger partial charge >= 0.3 is 0 Å². The van der Waals surface area contributed by atoms with E-state index in [0.717, 1.165) is 30.1 Å². The van der Waals surface area contributed by atoms with Gasteiger partial charge in [0.1, 0.15) is 0 Å². The minimum absolute atomic E-state index is 0.0630. The van der Waals surface area contributed by atoms with Crippen LogP contribution in [0.4, 0.5) is 0 Å². The number of pyridine rings is 2. The lowest BCUT2D eigenvalue weighted by Gasteiger charge is -2.36. The molecule has 0 saturated carbocycles. The Kier molecular flexibility index (Phi) is 5.03. The van der Waals surface area contributed by atoms with Crippen molar-refractivity contribution in [1.29, 1.82) is 0 Å². The fourth-order valence-electron chi connectivity index (χ4n) is 2.54. The van der Waals surface area contributed by atoms with Crippen LogP contribution in [0.2, 0.25) is 0 Å². The predicted molar refractivity (Wildman–Crippen MR) is 86.5 cm³/mol. The number of nitrogens with zero attached hydrogens (tertiary/aromatic N) is 3. The quantitative estimate of drug-likeness (QED) is 0.871. The Balaban J connectivity index is 1.66. The van der Waals surface area contributed by atoms with E-state index in [9.17, 15) is 4.79 Å². The lowest BCUT2D eigenvalue weighted by molar-refractivity contribution is -0.131. The number of aromatic nitrogens is 2. The molecule has 6 heteroatoms. The molecule has 0 aliphatic carbocycles. The summed E-state index contributed by atoms with van der Waals surface area (Å²) in [6.45, 7) is 2.34. The summed E-state index contributed by atoms with van der Waals surface area (Å²) in [5, 5.41) is 3.36. The monoisotopic (exact) mass is 314 g/mol. The Morgan fingerprint density at radius 1 is 1.27 bits per heavy atom. The number of rotatable bonds is 4. The van der Waals surface area contributed by atoms with Crippen molar-refractivity contribution < 1.29 is 4.79 Å². The van der Waals surface area contributed by atoms with Gasteiger partial charge in [-0.1, -0.05) is 6.07 Å². The molecule has 1 aliphatic rings. The molecule has 114 valence electrons. The molecule has 1 fully saturated rings. The van der Waals surface area contributed by atoms with Gasteiger partial charge in [-0.15, -0.1) is 11.8 Å². The highest BCUT2D eigenvalue weighted by Crippen LogP contribution is 2.24. The average molecular weight is 314 g/mol. The molecule has 5 nitrogen and oxygen atoms in total. The second kappa shape index (κ2) is 7.38. The van der Waals surface area contributed by atoms with Gasteiger partial charge in [0, 0.05) is 49.3 Å². The van der Waals surface area contributed by atoms with Gasteiger partial charge in [0.2, 0.25) is 5.91 Å². The number of nitrogens with one attached hydrogen (secondary N) is 1. The molecule has 3 heterocycles. The van der Waals surface area contributed by atoms with Crippen LogP contribution in [0.25, 0.3) is 0 Å². The number of piperazine rings is 1. The molecule has 0 bridgehead atoms. The number of hydrogen-bond acceptors (Lipinski definition) is 5. The average Bonchev–Trinajstić information content (AvgIpc) is 2.61. The molecule has 3 rings (SSSR count). The lowest BCUT2D eigenvalue weighted by Crippen LogP contribution is -2.49. The van der Waals surface area contributed by atoms with E-state index >= 15 is 0 Å². The molecule has 1 aliphatic heterocycles. The highest BCUT2D eigenvalue weighted by Gasteiger charge is 2.27. The molecule has 2 aromatic rings. The Morgan fingerprint density at radius 2 is 2.14 bits per heavy atom. The van der Waals surface area contributed by atoms with Crippen molar-refractivity contribution in [3.63, 3.8) is 0 Å². The van der Waals surface area contributed by atoms with Crippen molar-refractivity contribution in [3.05, 3.63) is 54.6 Å². The van der Waals surface area contributed by atoms with Gasteiger partial charge in [-0.3, -0.25) is 14.8 Å². The summed E-state index contributed by atoms with van der Waals surface area (Å²) in [7, 11) is 0. The van der Waals surface area contributed by atoms with Crippen LogP contribution in [0.3, 0.4) is 0 Å². The van der Waals surface area contributed by atoms with E-state index in [0.29, 0.717) is 5.75 Å². The summed E-state index contributed by atoms with van der Waals surface area (Å²) in [4.78, 5) is 23.8. The van der Waals surface area contributed by atoms with Crippen LogP contribution < -0.4 is 5.32 Å². The first-order valence-electron chi connectivity index (χ1n) is 7.27. The van der Waals surface area contributed by atoms with Gasteiger partial charge in [-0.05, 0) is 23.8 Å². The molecule has 0 aromatic carbocycles. The van der Waals surface area contributed by atoms with E-state index in [1.807, 2.05) is 35.4 Å². The minimum atomic E-state index is 0.0630. The Morgan fingerprint density at radius 3 is 2.91 bits per heavy atom. The van der Waals surface area contributed by atoms with Crippen LogP contribution in [0.5, 0.6) is 0 Å². The number of carbonyl (C=O) groups excluding carboxylic acids is 1. The van der Waals surface area contributed by atoms with Gasteiger partial charge in [-0.25, -0.2) is 0 Å². The second-order valence-corrected chi connectivity index (χ2v) is 6.11. The van der Waals surface area contributed by atoms with Crippen LogP contribution in [0.1, 0.15) is 11.6 Å². The van der Waals surface area contributed by atoms with E-state index in [2.05, 4.69) is 15.3 Å². The summed E-state index contributed by atoms with van der Waals surface area (Å²) < 4.78 is 0. The zero-order valence-corrected chi connectivity index (χ0v) is 13.0. The van der Waals surface area contributed by atoms with Gasteiger partial charge in [-0.2, -0.15) is 0 Å². The third kappa shape index (κ3) is 3.64. The fourth-order valence-corrected chi connectivity index (χ4v) is 3.31. The summed E-state index contributed by atoms with van der Waals surface area (Å²) >= 11 is 1.55. The molecule has 1 saturated heterocycles. The maximum atomic E-state index is 12.6. The van der Waals surface area contributed by atoms with E-state index in [4.69, 9.17) is 0 Å². The fraction of sp³-hybridized carbons (Fsp3) is 0.312. The maximum absolute atomic E-state index is 12.6. The third-order valence-electron chi connectivity index (χ3n) is 3.64. The summed E-state index contributed by atoms with van der Waals surface area (Å²) in [6.07, 6.45) is 7.09. The number of amides is 1. The van der Waals surface area contributed by atoms with E-state index < -0.39 is 0 Å². The smallest absolute Gasteiger partial charge is 0.233 e. The Hall–Kier alpha value is -1.92. The highest BCUT2D eigenvalue weighted by atomic mass is 32.2. The van der Waals surface area contributed by atoms with E-state index in [1.54, 1.807) is 30.4 Å². The zero-order valence-electron chi connectivity index (χ0n) is 12.2. The molecule has 1 unspecified atom stereocenters. The molecule has 1 N–H and O–H groups in total. The van der Waals surface area contributed by atoms with Crippen molar-refractivity contribution in [3.8, 4) is 0 Å². The topological polar surface area (TPSA) is 58.1 Å². The van der Waals surface area contributed by atoms with E-state index in [-0.39, 0.29) is 11.9 Å². The molecular formula is C16H18N4OS. The molecule has 0 radical (unpaired) electrons. The maximum Gasteiger partial charge on any atom is 0.233 e. The molecule has 0 spiro atoms. The van der Waals surface area contributed by atoms with Crippen LogP contribution in [-0.2, 0) is 4.79 Å². The minimum Gasteiger partial charge on any atom is -0.332 e. The van der Waals surface area contributed by atoms with Crippen LogP contribution in [0, 0.1) is 0 Å². The first kappa shape index (κ1) is 15.0. The lowest BCUT2D eigenvalue weighted by atomic mass is 10.1. The van der Waals surface area contributed by atoms with Gasteiger partial charge in [0.05, 0.1) is 11.8 Å². The number of thioether (sulfide) groups is 1. The van der Waals surface area contributed by atoms with Crippen LogP contribution in [-0.4, -0.2) is 46.2 Å². The van der Waals surface area contributed by atoms with Crippen LogP contribution in [0.15, 0.2) is 53.9 Å². The normalized spacial score (nSPS) is 18.2. The van der Waals surface area contributed by atoms with Crippen molar-refractivity contribution >= 4 is 17.7 Å². The standard InChI is InChI=1S/C16H18N4OS/c21-16(12-22-14-3-6-17-7-4-14)20-9-8-19-11-15(20)13-2-1-5-18-10-13/h1-7,10,15,19H,8-9,11-12H2. The molecular weight excluding hydrogens is 296 g/mol.